The predicted molar refractivity (Wildman–Crippen MR) is 96.8 cm³/mol. The molecular weight excluding hydrogens is 316 g/mol. The maximum absolute atomic E-state index is 13.1. The normalized spacial score (nSPS) is 36.2. The molecule has 0 spiro atoms. The second-order valence-electron chi connectivity index (χ2n) is 8.62. The Morgan fingerprint density at radius 1 is 1.28 bits per heavy atom. The largest absolute Gasteiger partial charge is 0.469 e. The lowest BCUT2D eigenvalue weighted by Gasteiger charge is -2.24. The smallest absolute Gasteiger partial charge is 0.309 e. The van der Waals surface area contributed by atoms with Crippen LogP contribution in [0.2, 0.25) is 0 Å². The van der Waals surface area contributed by atoms with Gasteiger partial charge in [0.05, 0.1) is 13.0 Å². The highest BCUT2D eigenvalue weighted by atomic mass is 16.5. The van der Waals surface area contributed by atoms with Crippen molar-refractivity contribution in [3.63, 3.8) is 0 Å². The van der Waals surface area contributed by atoms with Gasteiger partial charge in [-0.2, -0.15) is 0 Å². The van der Waals surface area contributed by atoms with Crippen molar-refractivity contribution in [3.8, 4) is 0 Å². The molecule has 0 unspecified atom stereocenters. The van der Waals surface area contributed by atoms with Gasteiger partial charge in [-0.1, -0.05) is 39.3 Å². The number of ether oxygens (including phenoxy) is 1. The molecule has 5 atom stereocenters. The molecule has 2 aliphatic carbocycles. The molecule has 0 aromatic heterocycles. The van der Waals surface area contributed by atoms with Crippen LogP contribution < -0.4 is 0 Å². The molecule has 0 heterocycles. The van der Waals surface area contributed by atoms with Crippen LogP contribution in [0.5, 0.6) is 0 Å². The van der Waals surface area contributed by atoms with E-state index in [9.17, 15) is 14.4 Å². The summed E-state index contributed by atoms with van der Waals surface area (Å²) in [6.45, 7) is 10.1. The summed E-state index contributed by atoms with van der Waals surface area (Å²) in [6, 6.07) is 0. The van der Waals surface area contributed by atoms with E-state index in [0.717, 1.165) is 12.8 Å². The van der Waals surface area contributed by atoms with Crippen molar-refractivity contribution in [3.05, 3.63) is 11.6 Å². The third kappa shape index (κ3) is 4.04. The van der Waals surface area contributed by atoms with Gasteiger partial charge in [0.15, 0.2) is 0 Å². The Balaban J connectivity index is 2.35. The molecule has 25 heavy (non-hydrogen) atoms. The second-order valence-corrected chi connectivity index (χ2v) is 8.62. The van der Waals surface area contributed by atoms with Crippen LogP contribution in [-0.4, -0.2) is 24.6 Å². The molecule has 1 fully saturated rings. The molecule has 0 bridgehead atoms. The number of ketones is 2. The lowest BCUT2D eigenvalue weighted by Crippen LogP contribution is -2.33. The summed E-state index contributed by atoms with van der Waals surface area (Å²) in [5.74, 6) is -0.693. The van der Waals surface area contributed by atoms with Crippen LogP contribution in [0.25, 0.3) is 0 Å². The molecule has 0 N–H and O–H groups in total. The highest BCUT2D eigenvalue weighted by molar-refractivity contribution is 5.92. The maximum atomic E-state index is 13.1. The van der Waals surface area contributed by atoms with Gasteiger partial charge in [-0.15, -0.1) is 0 Å². The molecule has 0 aromatic rings. The van der Waals surface area contributed by atoms with E-state index in [0.29, 0.717) is 12.3 Å². The van der Waals surface area contributed by atoms with Gasteiger partial charge in [0, 0.05) is 24.7 Å². The van der Waals surface area contributed by atoms with Crippen LogP contribution in [0.4, 0.5) is 0 Å². The summed E-state index contributed by atoms with van der Waals surface area (Å²) in [4.78, 5) is 37.5. The van der Waals surface area contributed by atoms with Gasteiger partial charge in [-0.25, -0.2) is 0 Å². The highest BCUT2D eigenvalue weighted by Gasteiger charge is 2.62. The number of esters is 1. The van der Waals surface area contributed by atoms with E-state index in [1.165, 1.54) is 12.7 Å². The van der Waals surface area contributed by atoms with Crippen LogP contribution in [0.1, 0.15) is 60.3 Å². The zero-order chi connectivity index (χ0) is 18.9. The number of fused-ring (bicyclic) bond motifs is 1. The summed E-state index contributed by atoms with van der Waals surface area (Å²) >= 11 is 0. The Morgan fingerprint density at radius 3 is 2.52 bits per heavy atom. The zero-order valence-corrected chi connectivity index (χ0v) is 16.4. The molecule has 2 rings (SSSR count). The lowest BCUT2D eigenvalue weighted by atomic mass is 9.79. The maximum Gasteiger partial charge on any atom is 0.309 e. The minimum atomic E-state index is -0.464. The first-order valence-corrected chi connectivity index (χ1v) is 9.40. The number of Topliss-reactive ketones (excluding diaryl/α,β-unsaturated/α-hetero) is 2. The van der Waals surface area contributed by atoms with Crippen LogP contribution >= 0.6 is 0 Å². The highest BCUT2D eigenvalue weighted by Crippen LogP contribution is 2.65. The minimum absolute atomic E-state index is 0.0422. The van der Waals surface area contributed by atoms with Crippen LogP contribution in [0.3, 0.4) is 0 Å². The van der Waals surface area contributed by atoms with Gasteiger partial charge < -0.3 is 4.74 Å². The van der Waals surface area contributed by atoms with Crippen molar-refractivity contribution in [2.24, 2.45) is 35.0 Å². The predicted octanol–water partition coefficient (Wildman–Crippen LogP) is 3.98. The second kappa shape index (κ2) is 7.43. The van der Waals surface area contributed by atoms with Crippen LogP contribution in [0, 0.1) is 35.0 Å². The number of methoxy groups -OCH3 is 1. The first-order chi connectivity index (χ1) is 11.6. The van der Waals surface area contributed by atoms with Crippen molar-refractivity contribution in [2.75, 3.05) is 7.11 Å². The molecule has 140 valence electrons. The van der Waals surface area contributed by atoms with Gasteiger partial charge in [0.2, 0.25) is 0 Å². The van der Waals surface area contributed by atoms with E-state index in [4.69, 9.17) is 4.74 Å². The molecule has 4 heteroatoms. The van der Waals surface area contributed by atoms with Gasteiger partial charge in [-0.3, -0.25) is 14.4 Å². The molecule has 0 radical (unpaired) electrons. The van der Waals surface area contributed by atoms with Crippen molar-refractivity contribution in [2.45, 2.75) is 60.3 Å². The summed E-state index contributed by atoms with van der Waals surface area (Å²) in [5.41, 5.74) is 1.29. The first-order valence-electron chi connectivity index (χ1n) is 9.40. The van der Waals surface area contributed by atoms with Gasteiger partial charge in [0.25, 0.3) is 0 Å². The first kappa shape index (κ1) is 19.9. The summed E-state index contributed by atoms with van der Waals surface area (Å²) in [5, 5.41) is 0. The van der Waals surface area contributed by atoms with Crippen LogP contribution in [-0.2, 0) is 19.1 Å². The van der Waals surface area contributed by atoms with Crippen molar-refractivity contribution in [1.29, 1.82) is 0 Å². The number of hydrogen-bond acceptors (Lipinski definition) is 4. The average Bonchev–Trinajstić information content (AvgIpc) is 3.09. The number of carbonyl (C=O) groups is 3. The molecule has 2 aliphatic rings. The molecule has 0 aromatic carbocycles. The lowest BCUT2D eigenvalue weighted by molar-refractivity contribution is -0.150. The Bertz CT molecular complexity index is 587. The molecule has 4 nitrogen and oxygen atoms in total. The van der Waals surface area contributed by atoms with E-state index in [1.807, 2.05) is 13.0 Å². The Kier molecular flexibility index (Phi) is 5.90. The fourth-order valence-corrected chi connectivity index (χ4v) is 4.69. The number of rotatable bonds is 2. The fraction of sp³-hybridized carbons (Fsp3) is 0.762. The third-order valence-electron chi connectivity index (χ3n) is 6.57. The SMILES string of the molecule is COC(=O)[C@@H](C)[C@H]1C(=O)C[C@H](C)C(=O)C/C=C(\C)CC[C@@H]2[C@@H]1C2(C)C. The van der Waals surface area contributed by atoms with E-state index < -0.39 is 5.92 Å². The monoisotopic (exact) mass is 348 g/mol. The minimum Gasteiger partial charge on any atom is -0.469 e. The quantitative estimate of drug-likeness (QED) is 0.559. The third-order valence-corrected chi connectivity index (χ3v) is 6.57. The number of carbonyl (C=O) groups excluding carboxylic acids is 3. The average molecular weight is 348 g/mol. The summed E-state index contributed by atoms with van der Waals surface area (Å²) < 4.78 is 4.92. The summed E-state index contributed by atoms with van der Waals surface area (Å²) in [7, 11) is 1.37. The van der Waals surface area contributed by atoms with E-state index in [-0.39, 0.29) is 47.1 Å². The molecule has 0 aliphatic heterocycles. The van der Waals surface area contributed by atoms with Crippen molar-refractivity contribution < 1.29 is 19.1 Å². The van der Waals surface area contributed by atoms with Crippen molar-refractivity contribution in [1.82, 2.24) is 0 Å². The van der Waals surface area contributed by atoms with Gasteiger partial charge in [-0.05, 0) is 37.0 Å². The topological polar surface area (TPSA) is 60.4 Å². The van der Waals surface area contributed by atoms with Gasteiger partial charge in [0.1, 0.15) is 11.6 Å². The van der Waals surface area contributed by atoms with Crippen molar-refractivity contribution >= 4 is 17.5 Å². The standard InChI is InChI=1S/C21H32O4/c1-12-7-9-15-19(21(15,4)5)18(14(3)20(24)25-6)17(23)11-13(2)16(22)10-8-12/h8,13-15,18-19H,7,9-11H2,1-6H3/b12-8+/t13-,14-,15+,18-,19-/m0/s1. The van der Waals surface area contributed by atoms with Gasteiger partial charge >= 0.3 is 5.97 Å². The molecule has 1 saturated carbocycles. The van der Waals surface area contributed by atoms with E-state index >= 15 is 0 Å². The number of hydrogen-bond donors (Lipinski definition) is 0. The van der Waals surface area contributed by atoms with E-state index in [1.54, 1.807) is 6.92 Å². The Morgan fingerprint density at radius 2 is 1.92 bits per heavy atom. The zero-order valence-electron chi connectivity index (χ0n) is 16.4. The molecule has 0 saturated heterocycles. The molecule has 0 amide bonds. The summed E-state index contributed by atoms with van der Waals surface area (Å²) in [6.07, 6.45) is 4.58. The Hall–Kier alpha value is -1.45. The molecular formula is C21H32O4. The van der Waals surface area contributed by atoms with E-state index in [2.05, 4.69) is 20.8 Å². The fourth-order valence-electron chi connectivity index (χ4n) is 4.69. The Labute approximate surface area is 151 Å². The number of allylic oxidation sites excluding steroid dienone is 2. The van der Waals surface area contributed by atoms with Crippen LogP contribution in [0.15, 0.2) is 11.6 Å².